The van der Waals surface area contributed by atoms with Crippen molar-refractivity contribution in [2.24, 2.45) is 0 Å². The summed E-state index contributed by atoms with van der Waals surface area (Å²) in [6, 6.07) is 0.390. The van der Waals surface area contributed by atoms with Crippen molar-refractivity contribution in [2.75, 3.05) is 52.7 Å². The van der Waals surface area contributed by atoms with Gasteiger partial charge in [-0.25, -0.2) is 13.1 Å². The lowest BCUT2D eigenvalue weighted by molar-refractivity contribution is 0.122. The van der Waals surface area contributed by atoms with Crippen molar-refractivity contribution >= 4 is 10.0 Å². The van der Waals surface area contributed by atoms with Gasteiger partial charge in [0.2, 0.25) is 10.0 Å². The molecule has 0 unspecified atom stereocenters. The zero-order valence-electron chi connectivity index (χ0n) is 12.6. The number of sulfonamides is 1. The number of likely N-dealkylation sites (N-methyl/N-ethyl adjacent to an activating group) is 1. The lowest BCUT2D eigenvalue weighted by Crippen LogP contribution is -2.32. The Morgan fingerprint density at radius 1 is 1.16 bits per heavy atom. The van der Waals surface area contributed by atoms with E-state index < -0.39 is 10.0 Å². The monoisotopic (exact) mass is 295 g/mol. The summed E-state index contributed by atoms with van der Waals surface area (Å²) in [4.78, 5) is 2.02. The van der Waals surface area contributed by atoms with Crippen molar-refractivity contribution in [3.63, 3.8) is 0 Å². The molecule has 0 aliphatic rings. The molecule has 0 aliphatic carbocycles. The summed E-state index contributed by atoms with van der Waals surface area (Å²) in [7, 11) is 0.776. The second kappa shape index (κ2) is 10.6. The molecule has 0 aliphatic heterocycles. The first kappa shape index (κ1) is 18.8. The van der Waals surface area contributed by atoms with E-state index in [9.17, 15) is 8.42 Å². The summed E-state index contributed by atoms with van der Waals surface area (Å²) in [6.07, 6.45) is 0.620. The number of rotatable bonds is 12. The van der Waals surface area contributed by atoms with Gasteiger partial charge in [-0.1, -0.05) is 13.8 Å². The molecule has 2 N–H and O–H groups in total. The van der Waals surface area contributed by atoms with E-state index in [1.165, 1.54) is 0 Å². The van der Waals surface area contributed by atoms with Crippen LogP contribution in [0, 0.1) is 0 Å². The summed E-state index contributed by atoms with van der Waals surface area (Å²) < 4.78 is 31.1. The molecule has 0 aromatic rings. The molecule has 19 heavy (non-hydrogen) atoms. The molecule has 0 fully saturated rings. The van der Waals surface area contributed by atoms with Crippen LogP contribution in [0.4, 0.5) is 0 Å². The number of nitrogens with one attached hydrogen (secondary N) is 2. The summed E-state index contributed by atoms with van der Waals surface area (Å²) in [6.45, 7) is 7.01. The van der Waals surface area contributed by atoms with Crippen molar-refractivity contribution < 1.29 is 13.2 Å². The normalized spacial score (nSPS) is 12.5. The van der Waals surface area contributed by atoms with E-state index in [4.69, 9.17) is 4.74 Å². The van der Waals surface area contributed by atoms with Crippen molar-refractivity contribution in [3.05, 3.63) is 0 Å². The highest BCUT2D eigenvalue weighted by Crippen LogP contribution is 1.89. The van der Waals surface area contributed by atoms with Crippen molar-refractivity contribution in [3.8, 4) is 0 Å². The highest BCUT2D eigenvalue weighted by Gasteiger charge is 2.08. The van der Waals surface area contributed by atoms with Crippen molar-refractivity contribution in [1.29, 1.82) is 0 Å². The average Bonchev–Trinajstić information content (AvgIpc) is 2.28. The molecule has 0 aromatic carbocycles. The summed E-state index contributed by atoms with van der Waals surface area (Å²) >= 11 is 0. The molecule has 7 heteroatoms. The Morgan fingerprint density at radius 3 is 2.42 bits per heavy atom. The van der Waals surface area contributed by atoms with Crippen LogP contribution in [0.5, 0.6) is 0 Å². The average molecular weight is 295 g/mol. The van der Waals surface area contributed by atoms with Crippen LogP contribution >= 0.6 is 0 Å². The molecule has 116 valence electrons. The smallest absolute Gasteiger partial charge is 0.211 e. The van der Waals surface area contributed by atoms with Gasteiger partial charge < -0.3 is 15.0 Å². The van der Waals surface area contributed by atoms with Crippen LogP contribution in [0.1, 0.15) is 20.3 Å². The van der Waals surface area contributed by atoms with Gasteiger partial charge in [-0.15, -0.1) is 0 Å². The molecule has 0 saturated heterocycles. The number of ether oxygens (including phenoxy) is 1. The molecule has 0 amide bonds. The fourth-order valence-corrected chi connectivity index (χ4v) is 2.41. The molecule has 0 aromatic heterocycles. The first-order valence-electron chi connectivity index (χ1n) is 6.76. The zero-order valence-corrected chi connectivity index (χ0v) is 13.4. The van der Waals surface area contributed by atoms with E-state index >= 15 is 0 Å². The number of hydrogen-bond donors (Lipinski definition) is 2. The SMILES string of the molecule is CC(C)NCCCS(=O)(=O)NCCOCCN(C)C. The molecule has 0 atom stereocenters. The number of hydrogen-bond acceptors (Lipinski definition) is 5. The zero-order chi connectivity index (χ0) is 14.7. The first-order chi connectivity index (χ1) is 8.83. The molecule has 6 nitrogen and oxygen atoms in total. The van der Waals surface area contributed by atoms with Gasteiger partial charge >= 0.3 is 0 Å². The van der Waals surface area contributed by atoms with E-state index in [1.807, 2.05) is 32.8 Å². The lowest BCUT2D eigenvalue weighted by Gasteiger charge is -2.11. The quantitative estimate of drug-likeness (QED) is 0.491. The molecule has 0 rings (SSSR count). The standard InChI is InChI=1S/C12H29N3O3S/c1-12(2)13-6-5-11-19(16,17)14-7-9-18-10-8-15(3)4/h12-14H,5-11H2,1-4H3. The van der Waals surface area contributed by atoms with Crippen LogP contribution in [0.25, 0.3) is 0 Å². The van der Waals surface area contributed by atoms with Crippen LogP contribution in [-0.4, -0.2) is 72.1 Å². The van der Waals surface area contributed by atoms with Gasteiger partial charge in [-0.05, 0) is 27.1 Å². The molecule has 0 radical (unpaired) electrons. The van der Waals surface area contributed by atoms with Crippen molar-refractivity contribution in [2.45, 2.75) is 26.3 Å². The van der Waals surface area contributed by atoms with Crippen LogP contribution in [0.15, 0.2) is 0 Å². The van der Waals surface area contributed by atoms with E-state index in [-0.39, 0.29) is 5.75 Å². The Balaban J connectivity index is 3.52. The van der Waals surface area contributed by atoms with Crippen molar-refractivity contribution in [1.82, 2.24) is 14.9 Å². The minimum atomic E-state index is -3.16. The number of nitrogens with zero attached hydrogens (tertiary/aromatic N) is 1. The fourth-order valence-electron chi connectivity index (χ4n) is 1.34. The topological polar surface area (TPSA) is 70.7 Å². The predicted octanol–water partition coefficient (Wildman–Crippen LogP) is -0.128. The minimum Gasteiger partial charge on any atom is -0.379 e. The van der Waals surface area contributed by atoms with Gasteiger partial charge in [0.05, 0.1) is 19.0 Å². The Hall–Kier alpha value is -0.210. The van der Waals surface area contributed by atoms with E-state index in [0.717, 1.165) is 13.1 Å². The summed E-state index contributed by atoms with van der Waals surface area (Å²) in [5, 5.41) is 3.19. The highest BCUT2D eigenvalue weighted by molar-refractivity contribution is 7.89. The van der Waals surface area contributed by atoms with E-state index in [0.29, 0.717) is 32.2 Å². The van der Waals surface area contributed by atoms with Gasteiger partial charge in [-0.3, -0.25) is 0 Å². The lowest BCUT2D eigenvalue weighted by atomic mass is 10.4. The Bertz CT molecular complexity index is 305. The maximum Gasteiger partial charge on any atom is 0.211 e. The van der Waals surface area contributed by atoms with E-state index in [2.05, 4.69) is 10.0 Å². The van der Waals surface area contributed by atoms with Crippen LogP contribution in [0.2, 0.25) is 0 Å². The van der Waals surface area contributed by atoms with Gasteiger partial charge in [0.15, 0.2) is 0 Å². The fraction of sp³-hybridized carbons (Fsp3) is 1.00. The van der Waals surface area contributed by atoms with Gasteiger partial charge in [0, 0.05) is 19.1 Å². The van der Waals surface area contributed by atoms with Crippen LogP contribution in [-0.2, 0) is 14.8 Å². The van der Waals surface area contributed by atoms with Crippen LogP contribution in [0.3, 0.4) is 0 Å². The molecule has 0 spiro atoms. The predicted molar refractivity (Wildman–Crippen MR) is 78.9 cm³/mol. The molecule has 0 bridgehead atoms. The Kier molecular flexibility index (Phi) is 10.4. The maximum absolute atomic E-state index is 11.6. The molecule has 0 saturated carbocycles. The molecular formula is C12H29N3O3S. The first-order valence-corrected chi connectivity index (χ1v) is 8.42. The summed E-state index contributed by atoms with van der Waals surface area (Å²) in [5.74, 6) is 0.157. The second-order valence-electron chi connectivity index (χ2n) is 5.09. The largest absolute Gasteiger partial charge is 0.379 e. The summed E-state index contributed by atoms with van der Waals surface area (Å²) in [5.41, 5.74) is 0. The second-order valence-corrected chi connectivity index (χ2v) is 7.02. The Labute approximate surface area is 117 Å². The Morgan fingerprint density at radius 2 is 1.84 bits per heavy atom. The third-order valence-electron chi connectivity index (χ3n) is 2.39. The highest BCUT2D eigenvalue weighted by atomic mass is 32.2. The molecular weight excluding hydrogens is 266 g/mol. The van der Waals surface area contributed by atoms with Gasteiger partial charge in [-0.2, -0.15) is 0 Å². The minimum absolute atomic E-state index is 0.157. The van der Waals surface area contributed by atoms with Crippen LogP contribution < -0.4 is 10.0 Å². The van der Waals surface area contributed by atoms with Gasteiger partial charge in [0.25, 0.3) is 0 Å². The third-order valence-corrected chi connectivity index (χ3v) is 3.86. The van der Waals surface area contributed by atoms with E-state index in [1.54, 1.807) is 0 Å². The van der Waals surface area contributed by atoms with Gasteiger partial charge in [0.1, 0.15) is 0 Å². The third kappa shape index (κ3) is 14.0. The molecule has 0 heterocycles. The maximum atomic E-state index is 11.6.